The molecule has 2 aromatic heterocycles. The highest BCUT2D eigenvalue weighted by atomic mass is 32.1. The molecule has 0 aromatic carbocycles. The zero-order valence-electron chi connectivity index (χ0n) is 9.80. The van der Waals surface area contributed by atoms with Gasteiger partial charge >= 0.3 is 0 Å². The number of carbonyl (C=O) groups is 1. The lowest BCUT2D eigenvalue weighted by atomic mass is 10.3. The van der Waals surface area contributed by atoms with Gasteiger partial charge in [-0.1, -0.05) is 0 Å². The Kier molecular flexibility index (Phi) is 3.30. The van der Waals surface area contributed by atoms with E-state index in [9.17, 15) is 4.79 Å². The van der Waals surface area contributed by atoms with Crippen LogP contribution in [0.1, 0.15) is 15.2 Å². The van der Waals surface area contributed by atoms with Crippen LogP contribution in [-0.2, 0) is 7.05 Å². The number of thiophene rings is 1. The Morgan fingerprint density at radius 3 is 3.06 bits per heavy atom. The Morgan fingerprint density at radius 2 is 2.44 bits per heavy atom. The van der Waals surface area contributed by atoms with Gasteiger partial charge in [0.05, 0.1) is 18.2 Å². The summed E-state index contributed by atoms with van der Waals surface area (Å²) < 4.78 is 6.46. The summed E-state index contributed by atoms with van der Waals surface area (Å²) in [4.78, 5) is 12.5. The molecule has 0 saturated carbocycles. The maximum atomic E-state index is 12.0. The van der Waals surface area contributed by atoms with E-state index in [-0.39, 0.29) is 5.91 Å². The van der Waals surface area contributed by atoms with Gasteiger partial charge in [0, 0.05) is 18.5 Å². The number of nitrogens with zero attached hydrogens (tertiary/aromatic N) is 3. The number of methoxy groups -OCH3 is 1. The molecule has 0 spiro atoms. The Hall–Kier alpha value is -2.33. The monoisotopic (exact) mass is 262 g/mol. The number of anilines is 1. The predicted octanol–water partition coefficient (Wildman–Crippen LogP) is 1.61. The van der Waals surface area contributed by atoms with Gasteiger partial charge in [0.15, 0.2) is 0 Å². The van der Waals surface area contributed by atoms with Crippen LogP contribution >= 0.6 is 11.3 Å². The third-order valence-corrected chi connectivity index (χ3v) is 3.23. The van der Waals surface area contributed by atoms with Crippen molar-refractivity contribution in [2.45, 2.75) is 0 Å². The fourth-order valence-electron chi connectivity index (χ4n) is 1.38. The van der Waals surface area contributed by atoms with Crippen molar-refractivity contribution in [3.05, 3.63) is 28.1 Å². The number of hydrogen-bond donors (Lipinski definition) is 1. The van der Waals surface area contributed by atoms with Gasteiger partial charge in [-0.2, -0.15) is 10.4 Å². The van der Waals surface area contributed by atoms with Gasteiger partial charge in [0.1, 0.15) is 23.2 Å². The first-order valence-corrected chi connectivity index (χ1v) is 5.89. The average Bonchev–Trinajstić information content (AvgIpc) is 2.97. The molecule has 0 aliphatic rings. The van der Waals surface area contributed by atoms with Crippen molar-refractivity contribution in [1.29, 1.82) is 5.26 Å². The fraction of sp³-hybridized carbons (Fsp3) is 0.182. The van der Waals surface area contributed by atoms with E-state index in [1.807, 2.05) is 6.07 Å². The number of nitriles is 1. The maximum Gasteiger partial charge on any atom is 0.267 e. The van der Waals surface area contributed by atoms with Crippen LogP contribution in [0.5, 0.6) is 5.75 Å². The van der Waals surface area contributed by atoms with Crippen LogP contribution in [0.2, 0.25) is 0 Å². The zero-order chi connectivity index (χ0) is 13.1. The molecule has 0 radical (unpaired) electrons. The molecule has 1 N–H and O–H groups in total. The summed E-state index contributed by atoms with van der Waals surface area (Å²) in [5.74, 6) is 0.730. The molecule has 2 rings (SSSR count). The van der Waals surface area contributed by atoms with Crippen LogP contribution in [0, 0.1) is 11.3 Å². The lowest BCUT2D eigenvalue weighted by Gasteiger charge is -2.03. The van der Waals surface area contributed by atoms with Crippen LogP contribution in [-0.4, -0.2) is 22.8 Å². The number of amides is 1. The number of ether oxygens (including phenoxy) is 1. The quantitative estimate of drug-likeness (QED) is 0.911. The molecule has 0 atom stereocenters. The predicted molar refractivity (Wildman–Crippen MR) is 66.7 cm³/mol. The van der Waals surface area contributed by atoms with Crippen LogP contribution < -0.4 is 10.1 Å². The SMILES string of the molecule is COc1csc(C(=O)Nc2c(C#N)cnn2C)c1. The summed E-state index contributed by atoms with van der Waals surface area (Å²) in [7, 11) is 3.20. The lowest BCUT2D eigenvalue weighted by Crippen LogP contribution is -2.14. The molecular formula is C11H10N4O2S. The average molecular weight is 262 g/mol. The largest absolute Gasteiger partial charge is 0.496 e. The standard InChI is InChI=1S/C11H10N4O2S/c1-15-10(7(4-12)5-13-15)14-11(16)9-3-8(17-2)6-18-9/h3,5-6H,1-2H3,(H,14,16). The molecule has 0 aliphatic carbocycles. The Labute approximate surface area is 107 Å². The minimum absolute atomic E-state index is 0.289. The lowest BCUT2D eigenvalue weighted by molar-refractivity contribution is 0.102. The van der Waals surface area contributed by atoms with Gasteiger partial charge in [-0.15, -0.1) is 11.3 Å². The molecule has 2 aromatic rings. The second kappa shape index (κ2) is 4.89. The van der Waals surface area contributed by atoms with Gasteiger partial charge in [0.2, 0.25) is 0 Å². The highest BCUT2D eigenvalue weighted by Crippen LogP contribution is 2.22. The summed E-state index contributed by atoms with van der Waals surface area (Å²) in [5, 5.41) is 17.2. The van der Waals surface area contributed by atoms with Crippen molar-refractivity contribution >= 4 is 23.1 Å². The van der Waals surface area contributed by atoms with Crippen LogP contribution in [0.4, 0.5) is 5.82 Å². The van der Waals surface area contributed by atoms with Crippen molar-refractivity contribution in [3.8, 4) is 11.8 Å². The topological polar surface area (TPSA) is 79.9 Å². The first-order valence-electron chi connectivity index (χ1n) is 5.01. The number of rotatable bonds is 3. The van der Waals surface area contributed by atoms with Gasteiger partial charge in [-0.05, 0) is 0 Å². The smallest absolute Gasteiger partial charge is 0.267 e. The molecule has 0 saturated heterocycles. The van der Waals surface area contributed by atoms with Crippen molar-refractivity contribution < 1.29 is 9.53 Å². The molecule has 0 fully saturated rings. The third kappa shape index (κ3) is 2.19. The summed E-state index contributed by atoms with van der Waals surface area (Å²) in [6, 6.07) is 3.61. The van der Waals surface area contributed by atoms with Crippen LogP contribution in [0.3, 0.4) is 0 Å². The van der Waals surface area contributed by atoms with Crippen molar-refractivity contribution in [2.24, 2.45) is 7.05 Å². The molecule has 92 valence electrons. The van der Waals surface area contributed by atoms with Crippen molar-refractivity contribution in [1.82, 2.24) is 9.78 Å². The van der Waals surface area contributed by atoms with Gasteiger partial charge in [-0.3, -0.25) is 9.48 Å². The number of carbonyl (C=O) groups excluding carboxylic acids is 1. The first-order chi connectivity index (χ1) is 8.65. The minimum Gasteiger partial charge on any atom is -0.496 e. The van der Waals surface area contributed by atoms with E-state index in [4.69, 9.17) is 10.00 Å². The molecule has 18 heavy (non-hydrogen) atoms. The molecule has 0 aliphatic heterocycles. The third-order valence-electron chi connectivity index (χ3n) is 2.33. The summed E-state index contributed by atoms with van der Waals surface area (Å²) in [6.45, 7) is 0. The first kappa shape index (κ1) is 12.1. The Balaban J connectivity index is 2.21. The molecule has 1 amide bonds. The van der Waals surface area contributed by atoms with Crippen LogP contribution in [0.25, 0.3) is 0 Å². The summed E-state index contributed by atoms with van der Waals surface area (Å²) in [5.41, 5.74) is 0.328. The second-order valence-corrected chi connectivity index (χ2v) is 4.36. The Morgan fingerprint density at radius 1 is 1.67 bits per heavy atom. The normalized spacial score (nSPS) is 9.83. The minimum atomic E-state index is -0.289. The molecule has 6 nitrogen and oxygen atoms in total. The molecule has 0 unspecified atom stereocenters. The van der Waals surface area contributed by atoms with E-state index in [0.717, 1.165) is 0 Å². The zero-order valence-corrected chi connectivity index (χ0v) is 10.6. The fourth-order valence-corrected chi connectivity index (χ4v) is 2.13. The number of hydrogen-bond acceptors (Lipinski definition) is 5. The van der Waals surface area contributed by atoms with E-state index in [1.165, 1.54) is 22.2 Å². The number of aromatic nitrogens is 2. The number of aryl methyl sites for hydroxylation is 1. The highest BCUT2D eigenvalue weighted by molar-refractivity contribution is 7.12. The van der Waals surface area contributed by atoms with E-state index < -0.39 is 0 Å². The number of nitrogens with one attached hydrogen (secondary N) is 1. The van der Waals surface area contributed by atoms with E-state index >= 15 is 0 Å². The van der Waals surface area contributed by atoms with E-state index in [0.29, 0.717) is 22.0 Å². The van der Waals surface area contributed by atoms with Gasteiger partial charge in [-0.25, -0.2) is 0 Å². The highest BCUT2D eigenvalue weighted by Gasteiger charge is 2.14. The molecule has 0 bridgehead atoms. The van der Waals surface area contributed by atoms with Gasteiger partial charge in [0.25, 0.3) is 5.91 Å². The summed E-state index contributed by atoms with van der Waals surface area (Å²) in [6.07, 6.45) is 1.41. The van der Waals surface area contributed by atoms with Crippen molar-refractivity contribution in [3.63, 3.8) is 0 Å². The van der Waals surface area contributed by atoms with Crippen molar-refractivity contribution in [2.75, 3.05) is 12.4 Å². The second-order valence-electron chi connectivity index (χ2n) is 3.45. The Bertz CT molecular complexity index is 623. The van der Waals surface area contributed by atoms with E-state index in [1.54, 1.807) is 25.6 Å². The van der Waals surface area contributed by atoms with E-state index in [2.05, 4.69) is 10.4 Å². The molecular weight excluding hydrogens is 252 g/mol. The van der Waals surface area contributed by atoms with Crippen LogP contribution in [0.15, 0.2) is 17.6 Å². The summed E-state index contributed by atoms with van der Waals surface area (Å²) >= 11 is 1.27. The maximum absolute atomic E-state index is 12.0. The molecule has 2 heterocycles. The van der Waals surface area contributed by atoms with Gasteiger partial charge < -0.3 is 10.1 Å². The molecule has 7 heteroatoms.